The lowest BCUT2D eigenvalue weighted by atomic mass is 10.0. The Balaban J connectivity index is 2.33. The molecule has 0 bridgehead atoms. The number of rotatable bonds is 5. The molecule has 1 aliphatic heterocycles. The summed E-state index contributed by atoms with van der Waals surface area (Å²) in [6.07, 6.45) is 2.09. The zero-order valence-electron chi connectivity index (χ0n) is 11.0. The van der Waals surface area contributed by atoms with E-state index in [4.69, 9.17) is 0 Å². The summed E-state index contributed by atoms with van der Waals surface area (Å²) in [7, 11) is 2.02. The number of nitrogens with zero attached hydrogens (tertiary/aromatic N) is 1. The van der Waals surface area contributed by atoms with Crippen LogP contribution in [-0.4, -0.2) is 49.1 Å². The van der Waals surface area contributed by atoms with Crippen LogP contribution in [0.2, 0.25) is 0 Å². The van der Waals surface area contributed by atoms with Crippen molar-refractivity contribution in [2.75, 3.05) is 26.7 Å². The number of carbonyl (C=O) groups excluding carboxylic acids is 1. The maximum atomic E-state index is 11.8. The number of amides is 1. The molecule has 0 spiro atoms. The first-order valence-electron chi connectivity index (χ1n) is 6.16. The first-order chi connectivity index (χ1) is 7.44. The molecule has 0 aromatic carbocycles. The zero-order chi connectivity index (χ0) is 12.2. The van der Waals surface area contributed by atoms with Crippen molar-refractivity contribution < 1.29 is 4.79 Å². The summed E-state index contributed by atoms with van der Waals surface area (Å²) in [5, 5.41) is 6.37. The van der Waals surface area contributed by atoms with Crippen molar-refractivity contribution in [3.05, 3.63) is 0 Å². The van der Waals surface area contributed by atoms with Gasteiger partial charge in [-0.1, -0.05) is 6.92 Å². The van der Waals surface area contributed by atoms with Gasteiger partial charge in [-0.25, -0.2) is 0 Å². The Kier molecular flexibility index (Phi) is 4.74. The van der Waals surface area contributed by atoms with E-state index in [0.717, 1.165) is 25.9 Å². The molecule has 0 aromatic rings. The van der Waals surface area contributed by atoms with E-state index in [-0.39, 0.29) is 11.4 Å². The summed E-state index contributed by atoms with van der Waals surface area (Å²) < 4.78 is 0. The molecule has 1 heterocycles. The first-order valence-corrected chi connectivity index (χ1v) is 6.16. The third-order valence-corrected chi connectivity index (χ3v) is 3.41. The molecule has 0 aliphatic carbocycles. The van der Waals surface area contributed by atoms with Crippen molar-refractivity contribution in [3.8, 4) is 0 Å². The fraction of sp³-hybridized carbons (Fsp3) is 0.917. The summed E-state index contributed by atoms with van der Waals surface area (Å²) in [5.74, 6) is 0.126. The molecule has 1 fully saturated rings. The molecule has 0 saturated carbocycles. The van der Waals surface area contributed by atoms with E-state index in [1.165, 1.54) is 0 Å². The highest BCUT2D eigenvalue weighted by atomic mass is 16.2. The Morgan fingerprint density at radius 1 is 1.56 bits per heavy atom. The highest BCUT2D eigenvalue weighted by Crippen LogP contribution is 2.08. The molecular weight excluding hydrogens is 202 g/mol. The lowest BCUT2D eigenvalue weighted by molar-refractivity contribution is -0.124. The molecule has 4 nitrogen and oxygen atoms in total. The van der Waals surface area contributed by atoms with E-state index in [1.54, 1.807) is 0 Å². The Morgan fingerprint density at radius 3 is 2.75 bits per heavy atom. The van der Waals surface area contributed by atoms with Gasteiger partial charge in [0.25, 0.3) is 0 Å². The molecule has 1 rings (SSSR count). The van der Waals surface area contributed by atoms with Gasteiger partial charge < -0.3 is 10.6 Å². The smallest absolute Gasteiger partial charge is 0.234 e. The number of carbonyl (C=O) groups is 1. The van der Waals surface area contributed by atoms with Gasteiger partial charge in [-0.05, 0) is 40.3 Å². The molecule has 1 unspecified atom stereocenters. The topological polar surface area (TPSA) is 44.4 Å². The van der Waals surface area contributed by atoms with Crippen LogP contribution in [0.25, 0.3) is 0 Å². The Labute approximate surface area is 98.8 Å². The maximum Gasteiger partial charge on any atom is 0.234 e. The Hall–Kier alpha value is -0.610. The van der Waals surface area contributed by atoms with Gasteiger partial charge >= 0.3 is 0 Å². The van der Waals surface area contributed by atoms with Crippen LogP contribution in [0.1, 0.15) is 33.6 Å². The van der Waals surface area contributed by atoms with E-state index < -0.39 is 0 Å². The van der Waals surface area contributed by atoms with Gasteiger partial charge in [-0.15, -0.1) is 0 Å². The summed E-state index contributed by atoms with van der Waals surface area (Å²) in [6.45, 7) is 8.77. The monoisotopic (exact) mass is 227 g/mol. The van der Waals surface area contributed by atoms with E-state index in [1.807, 2.05) is 7.05 Å². The highest BCUT2D eigenvalue weighted by molar-refractivity contribution is 5.78. The predicted molar refractivity (Wildman–Crippen MR) is 66.4 cm³/mol. The van der Waals surface area contributed by atoms with Gasteiger partial charge in [0.05, 0.1) is 6.54 Å². The van der Waals surface area contributed by atoms with Gasteiger partial charge in [0.15, 0.2) is 0 Å². The van der Waals surface area contributed by atoms with E-state index >= 15 is 0 Å². The minimum atomic E-state index is -0.0914. The predicted octanol–water partition coefficient (Wildman–Crippen LogP) is 0.585. The minimum Gasteiger partial charge on any atom is -0.350 e. The van der Waals surface area contributed by atoms with Crippen LogP contribution in [0.15, 0.2) is 0 Å². The van der Waals surface area contributed by atoms with Crippen LogP contribution in [0, 0.1) is 0 Å². The van der Waals surface area contributed by atoms with Crippen molar-refractivity contribution in [1.29, 1.82) is 0 Å². The SMILES string of the molecule is CCC(C)(C)NC(=O)CN(C)C1CCNC1. The molecular formula is C12H25N3O. The maximum absolute atomic E-state index is 11.8. The van der Waals surface area contributed by atoms with Gasteiger partial charge in [0.1, 0.15) is 0 Å². The van der Waals surface area contributed by atoms with Crippen LogP contribution in [0.3, 0.4) is 0 Å². The molecule has 1 aliphatic rings. The lowest BCUT2D eigenvalue weighted by Gasteiger charge is -2.28. The second kappa shape index (κ2) is 5.64. The zero-order valence-corrected chi connectivity index (χ0v) is 11.0. The van der Waals surface area contributed by atoms with Gasteiger partial charge in [0.2, 0.25) is 5.91 Å². The van der Waals surface area contributed by atoms with Crippen LogP contribution >= 0.6 is 0 Å². The third-order valence-electron chi connectivity index (χ3n) is 3.41. The Morgan fingerprint density at radius 2 is 2.25 bits per heavy atom. The average Bonchev–Trinajstić information content (AvgIpc) is 2.69. The lowest BCUT2D eigenvalue weighted by Crippen LogP contribution is -2.48. The van der Waals surface area contributed by atoms with E-state index in [0.29, 0.717) is 12.6 Å². The van der Waals surface area contributed by atoms with Gasteiger partial charge in [-0.2, -0.15) is 0 Å². The number of likely N-dealkylation sites (N-methyl/N-ethyl adjacent to an activating group) is 1. The summed E-state index contributed by atoms with van der Waals surface area (Å²) in [5.41, 5.74) is -0.0914. The first kappa shape index (κ1) is 13.5. The van der Waals surface area contributed by atoms with Crippen LogP contribution < -0.4 is 10.6 Å². The molecule has 1 atom stereocenters. The molecule has 0 aromatic heterocycles. The van der Waals surface area contributed by atoms with Crippen LogP contribution in [0.5, 0.6) is 0 Å². The summed E-state index contributed by atoms with van der Waals surface area (Å²) >= 11 is 0. The normalized spacial score (nSPS) is 21.4. The molecule has 0 radical (unpaired) electrons. The summed E-state index contributed by atoms with van der Waals surface area (Å²) in [6, 6.07) is 0.510. The van der Waals surface area contributed by atoms with Crippen molar-refractivity contribution in [1.82, 2.24) is 15.5 Å². The third kappa shape index (κ3) is 4.10. The Bertz CT molecular complexity index is 234. The average molecular weight is 227 g/mol. The van der Waals surface area contributed by atoms with Crippen molar-refractivity contribution in [3.63, 3.8) is 0 Å². The number of hydrogen-bond donors (Lipinski definition) is 2. The van der Waals surface area contributed by atoms with Gasteiger partial charge in [0, 0.05) is 18.1 Å². The summed E-state index contributed by atoms with van der Waals surface area (Å²) in [4.78, 5) is 14.0. The fourth-order valence-electron chi connectivity index (χ4n) is 1.88. The van der Waals surface area contributed by atoms with Crippen LogP contribution in [0.4, 0.5) is 0 Å². The van der Waals surface area contributed by atoms with E-state index in [9.17, 15) is 4.79 Å². The van der Waals surface area contributed by atoms with Crippen molar-refractivity contribution in [2.24, 2.45) is 0 Å². The second-order valence-corrected chi connectivity index (χ2v) is 5.35. The van der Waals surface area contributed by atoms with Crippen LogP contribution in [-0.2, 0) is 4.79 Å². The molecule has 2 N–H and O–H groups in total. The van der Waals surface area contributed by atoms with Crippen molar-refractivity contribution >= 4 is 5.91 Å². The van der Waals surface area contributed by atoms with Crippen molar-refractivity contribution in [2.45, 2.75) is 45.2 Å². The standard InChI is InChI=1S/C12H25N3O/c1-5-12(2,3)14-11(16)9-15(4)10-6-7-13-8-10/h10,13H,5-9H2,1-4H3,(H,14,16). The minimum absolute atomic E-state index is 0.0914. The highest BCUT2D eigenvalue weighted by Gasteiger charge is 2.23. The quantitative estimate of drug-likeness (QED) is 0.722. The molecule has 4 heteroatoms. The van der Waals surface area contributed by atoms with E-state index in [2.05, 4.69) is 36.3 Å². The molecule has 1 amide bonds. The largest absolute Gasteiger partial charge is 0.350 e. The number of hydrogen-bond acceptors (Lipinski definition) is 3. The fourth-order valence-corrected chi connectivity index (χ4v) is 1.88. The second-order valence-electron chi connectivity index (χ2n) is 5.35. The molecule has 1 saturated heterocycles. The van der Waals surface area contributed by atoms with Gasteiger partial charge in [-0.3, -0.25) is 9.69 Å². The number of nitrogens with one attached hydrogen (secondary N) is 2. The molecule has 16 heavy (non-hydrogen) atoms. The molecule has 94 valence electrons.